The Balaban J connectivity index is 1.63. The van der Waals surface area contributed by atoms with E-state index in [1.54, 1.807) is 0 Å². The summed E-state index contributed by atoms with van der Waals surface area (Å²) < 4.78 is 5.47. The highest BCUT2D eigenvalue weighted by molar-refractivity contribution is 5.75. The molecule has 0 aliphatic carbocycles. The first-order valence-corrected chi connectivity index (χ1v) is 8.99. The topological polar surface area (TPSA) is 48.1 Å². The molecular formula is C18H28N4O2. The second-order valence-corrected chi connectivity index (χ2v) is 6.29. The van der Waals surface area contributed by atoms with Gasteiger partial charge in [-0.1, -0.05) is 19.1 Å². The number of nitrogens with zero attached hydrogens (tertiary/aromatic N) is 3. The lowest BCUT2D eigenvalue weighted by atomic mass is 10.2. The number of hydrogen-bond acceptors (Lipinski definition) is 4. The van der Waals surface area contributed by atoms with Crippen molar-refractivity contribution in [3.05, 3.63) is 24.3 Å². The number of amides is 2. The van der Waals surface area contributed by atoms with E-state index in [-0.39, 0.29) is 6.03 Å². The fourth-order valence-corrected chi connectivity index (χ4v) is 3.30. The third-order valence-electron chi connectivity index (χ3n) is 4.67. The fourth-order valence-electron chi connectivity index (χ4n) is 3.30. The van der Waals surface area contributed by atoms with Gasteiger partial charge in [0.2, 0.25) is 0 Å². The Labute approximate surface area is 144 Å². The van der Waals surface area contributed by atoms with Crippen molar-refractivity contribution in [2.75, 3.05) is 68.8 Å². The van der Waals surface area contributed by atoms with Crippen molar-refractivity contribution in [3.63, 3.8) is 0 Å². The number of urea groups is 1. The first-order chi connectivity index (χ1) is 11.8. The van der Waals surface area contributed by atoms with Gasteiger partial charge >= 0.3 is 6.03 Å². The Hall–Kier alpha value is -1.95. The second-order valence-electron chi connectivity index (χ2n) is 6.29. The Morgan fingerprint density at radius 2 is 1.58 bits per heavy atom. The molecule has 2 fully saturated rings. The average Bonchev–Trinajstić information content (AvgIpc) is 2.67. The van der Waals surface area contributed by atoms with Crippen molar-refractivity contribution in [2.24, 2.45) is 0 Å². The van der Waals surface area contributed by atoms with Crippen LogP contribution in [0.25, 0.3) is 0 Å². The summed E-state index contributed by atoms with van der Waals surface area (Å²) in [4.78, 5) is 18.8. The third kappa shape index (κ3) is 3.93. The lowest BCUT2D eigenvalue weighted by molar-refractivity contribution is 0.122. The van der Waals surface area contributed by atoms with E-state index >= 15 is 0 Å². The van der Waals surface area contributed by atoms with Crippen molar-refractivity contribution in [1.82, 2.24) is 10.2 Å². The Morgan fingerprint density at radius 1 is 1.00 bits per heavy atom. The number of carbonyl (C=O) groups excluding carboxylic acids is 1. The molecule has 2 amide bonds. The van der Waals surface area contributed by atoms with Crippen LogP contribution in [-0.4, -0.2) is 70.0 Å². The number of para-hydroxylation sites is 2. The van der Waals surface area contributed by atoms with Gasteiger partial charge in [0.15, 0.2) is 0 Å². The highest BCUT2D eigenvalue weighted by Crippen LogP contribution is 2.30. The normalized spacial score (nSPS) is 18.6. The van der Waals surface area contributed by atoms with Gasteiger partial charge in [-0.2, -0.15) is 0 Å². The molecule has 2 heterocycles. The Kier molecular flexibility index (Phi) is 5.80. The minimum Gasteiger partial charge on any atom is -0.378 e. The summed E-state index contributed by atoms with van der Waals surface area (Å²) in [7, 11) is 0. The lowest BCUT2D eigenvalue weighted by Gasteiger charge is -2.39. The van der Waals surface area contributed by atoms with Gasteiger partial charge < -0.3 is 24.8 Å². The maximum Gasteiger partial charge on any atom is 0.317 e. The molecule has 0 aromatic heterocycles. The number of piperazine rings is 1. The fraction of sp³-hybridized carbons (Fsp3) is 0.611. The van der Waals surface area contributed by atoms with E-state index in [0.717, 1.165) is 65.4 Å². The van der Waals surface area contributed by atoms with Gasteiger partial charge in [0, 0.05) is 45.8 Å². The molecule has 2 saturated heterocycles. The van der Waals surface area contributed by atoms with Crippen LogP contribution < -0.4 is 15.1 Å². The van der Waals surface area contributed by atoms with Crippen LogP contribution in [0.5, 0.6) is 0 Å². The largest absolute Gasteiger partial charge is 0.378 e. The molecule has 2 aliphatic rings. The van der Waals surface area contributed by atoms with E-state index in [1.807, 2.05) is 4.90 Å². The average molecular weight is 332 g/mol. The molecule has 6 nitrogen and oxygen atoms in total. The minimum absolute atomic E-state index is 0.0676. The van der Waals surface area contributed by atoms with E-state index in [0.29, 0.717) is 0 Å². The minimum atomic E-state index is 0.0676. The molecule has 0 saturated carbocycles. The molecule has 24 heavy (non-hydrogen) atoms. The van der Waals surface area contributed by atoms with Crippen LogP contribution in [0.1, 0.15) is 13.3 Å². The van der Waals surface area contributed by atoms with Crippen molar-refractivity contribution in [1.29, 1.82) is 0 Å². The maximum atomic E-state index is 12.1. The first-order valence-electron chi connectivity index (χ1n) is 8.99. The first kappa shape index (κ1) is 16.9. The highest BCUT2D eigenvalue weighted by atomic mass is 16.5. The monoisotopic (exact) mass is 332 g/mol. The van der Waals surface area contributed by atoms with Gasteiger partial charge in [-0.3, -0.25) is 0 Å². The summed E-state index contributed by atoms with van der Waals surface area (Å²) in [6.45, 7) is 9.58. The number of nitrogens with one attached hydrogen (secondary N) is 1. The van der Waals surface area contributed by atoms with Gasteiger partial charge in [0.25, 0.3) is 0 Å². The van der Waals surface area contributed by atoms with Crippen molar-refractivity contribution >= 4 is 17.4 Å². The molecule has 0 unspecified atom stereocenters. The molecule has 0 atom stereocenters. The van der Waals surface area contributed by atoms with Gasteiger partial charge in [-0.05, 0) is 18.6 Å². The Morgan fingerprint density at radius 3 is 2.17 bits per heavy atom. The standard InChI is InChI=1S/C18H28N4O2/c1-2-7-19-18(23)22-10-8-20(9-11-22)16-5-3-4-6-17(16)21-12-14-24-15-13-21/h3-6H,2,7-15H2,1H3,(H,19,23). The number of morpholine rings is 1. The van der Waals surface area contributed by atoms with Gasteiger partial charge in [0.05, 0.1) is 24.6 Å². The second kappa shape index (κ2) is 8.24. The molecule has 1 N–H and O–H groups in total. The van der Waals surface area contributed by atoms with Crippen molar-refractivity contribution < 1.29 is 9.53 Å². The third-order valence-corrected chi connectivity index (χ3v) is 4.67. The summed E-state index contributed by atoms with van der Waals surface area (Å²) in [6.07, 6.45) is 0.971. The predicted molar refractivity (Wildman–Crippen MR) is 96.9 cm³/mol. The number of carbonyl (C=O) groups is 1. The van der Waals surface area contributed by atoms with E-state index in [2.05, 4.69) is 46.3 Å². The van der Waals surface area contributed by atoms with Crippen molar-refractivity contribution in [2.45, 2.75) is 13.3 Å². The predicted octanol–water partition coefficient (Wildman–Crippen LogP) is 1.76. The molecule has 0 spiro atoms. The van der Waals surface area contributed by atoms with E-state index in [4.69, 9.17) is 4.74 Å². The number of ether oxygens (including phenoxy) is 1. The molecule has 1 aromatic rings. The summed E-state index contributed by atoms with van der Waals surface area (Å²) in [6, 6.07) is 8.65. The molecule has 1 aromatic carbocycles. The molecule has 132 valence electrons. The molecule has 3 rings (SSSR count). The number of rotatable bonds is 4. The molecule has 0 bridgehead atoms. The number of hydrogen-bond donors (Lipinski definition) is 1. The van der Waals surface area contributed by atoms with Gasteiger partial charge in [0.1, 0.15) is 0 Å². The molecule has 0 radical (unpaired) electrons. The van der Waals surface area contributed by atoms with E-state index in [9.17, 15) is 4.79 Å². The smallest absolute Gasteiger partial charge is 0.317 e. The van der Waals surface area contributed by atoms with Gasteiger partial charge in [-0.15, -0.1) is 0 Å². The summed E-state index contributed by atoms with van der Waals surface area (Å²) in [5.41, 5.74) is 2.55. The number of benzene rings is 1. The van der Waals surface area contributed by atoms with Crippen LogP contribution >= 0.6 is 0 Å². The van der Waals surface area contributed by atoms with Crippen molar-refractivity contribution in [3.8, 4) is 0 Å². The zero-order valence-electron chi connectivity index (χ0n) is 14.5. The van der Waals surface area contributed by atoms with Gasteiger partial charge in [-0.25, -0.2) is 4.79 Å². The molecule has 6 heteroatoms. The SMILES string of the molecule is CCCNC(=O)N1CCN(c2ccccc2N2CCOCC2)CC1. The maximum absolute atomic E-state index is 12.1. The highest BCUT2D eigenvalue weighted by Gasteiger charge is 2.24. The van der Waals surface area contributed by atoms with Crippen LogP contribution in [0.4, 0.5) is 16.2 Å². The summed E-state index contributed by atoms with van der Waals surface area (Å²) in [5.74, 6) is 0. The summed E-state index contributed by atoms with van der Waals surface area (Å²) in [5, 5.41) is 2.97. The van der Waals surface area contributed by atoms with Crippen LogP contribution in [0.15, 0.2) is 24.3 Å². The van der Waals surface area contributed by atoms with E-state index < -0.39 is 0 Å². The Bertz CT molecular complexity index is 538. The van der Waals surface area contributed by atoms with E-state index in [1.165, 1.54) is 11.4 Å². The van der Waals surface area contributed by atoms with Crippen LogP contribution in [0, 0.1) is 0 Å². The zero-order chi connectivity index (χ0) is 16.8. The van der Waals surface area contributed by atoms with Crippen LogP contribution in [0.3, 0.4) is 0 Å². The van der Waals surface area contributed by atoms with Crippen LogP contribution in [-0.2, 0) is 4.74 Å². The molecular weight excluding hydrogens is 304 g/mol. The van der Waals surface area contributed by atoms with Crippen LogP contribution in [0.2, 0.25) is 0 Å². The zero-order valence-corrected chi connectivity index (χ0v) is 14.5. The number of anilines is 2. The molecule has 2 aliphatic heterocycles. The summed E-state index contributed by atoms with van der Waals surface area (Å²) >= 11 is 0. The quantitative estimate of drug-likeness (QED) is 0.913. The lowest BCUT2D eigenvalue weighted by Crippen LogP contribution is -2.52.